The molecule has 0 saturated carbocycles. The average Bonchev–Trinajstić information content (AvgIpc) is 2.52. The molecular weight excluding hydrogens is 280 g/mol. The number of amides is 1. The van der Waals surface area contributed by atoms with Crippen molar-refractivity contribution in [1.82, 2.24) is 5.32 Å². The highest BCUT2D eigenvalue weighted by Gasteiger charge is 2.13. The van der Waals surface area contributed by atoms with Crippen LogP contribution >= 0.6 is 11.8 Å². The van der Waals surface area contributed by atoms with Gasteiger partial charge in [-0.05, 0) is 34.6 Å². The Bertz CT molecular complexity index is 600. The molecule has 0 fully saturated rings. The number of hydrogen-bond donors (Lipinski definition) is 2. The summed E-state index contributed by atoms with van der Waals surface area (Å²) in [5.41, 5.74) is 6.89. The highest BCUT2D eigenvalue weighted by molar-refractivity contribution is 7.99. The van der Waals surface area contributed by atoms with Gasteiger partial charge in [0, 0.05) is 6.54 Å². The van der Waals surface area contributed by atoms with Crippen LogP contribution in [0.25, 0.3) is 10.8 Å². The van der Waals surface area contributed by atoms with Gasteiger partial charge in [0.2, 0.25) is 5.91 Å². The van der Waals surface area contributed by atoms with Gasteiger partial charge in [-0.15, -0.1) is 0 Å². The predicted octanol–water partition coefficient (Wildman–Crippen LogP) is 3.10. The van der Waals surface area contributed by atoms with Gasteiger partial charge in [-0.2, -0.15) is 11.8 Å². The number of fused-ring (bicyclic) bond motifs is 1. The second-order valence-electron chi connectivity index (χ2n) is 5.01. The van der Waals surface area contributed by atoms with Crippen molar-refractivity contribution in [3.63, 3.8) is 0 Å². The summed E-state index contributed by atoms with van der Waals surface area (Å²) in [4.78, 5) is 11.9. The fraction of sp³-hybridized carbons (Fsp3) is 0.353. The third-order valence-corrected chi connectivity index (χ3v) is 4.49. The highest BCUT2D eigenvalue weighted by atomic mass is 32.2. The number of carbonyl (C=O) groups excluding carboxylic acids is 1. The number of nitrogens with two attached hydrogens (primary N) is 1. The Morgan fingerprint density at radius 2 is 2.00 bits per heavy atom. The first-order valence-corrected chi connectivity index (χ1v) is 8.46. The smallest absolute Gasteiger partial charge is 0.230 e. The largest absolute Gasteiger partial charge is 0.347 e. The van der Waals surface area contributed by atoms with Crippen LogP contribution in [0.5, 0.6) is 0 Å². The molecular formula is C17H22N2OS. The molecule has 0 aromatic heterocycles. The van der Waals surface area contributed by atoms with Crippen molar-refractivity contribution < 1.29 is 4.79 Å². The van der Waals surface area contributed by atoms with Crippen LogP contribution in [-0.2, 0) is 4.79 Å². The van der Waals surface area contributed by atoms with Crippen LogP contribution in [0.2, 0.25) is 0 Å². The standard InChI is InChI=1S/C17H22N2OS/c1-2-9-21-12-17(20)19-16(11-18)15-8-7-13-5-3-4-6-14(13)10-15/h3-8,10,16H,2,9,11-12,18H2,1H3,(H,19,20). The summed E-state index contributed by atoms with van der Waals surface area (Å²) in [6, 6.07) is 14.3. The van der Waals surface area contributed by atoms with Gasteiger partial charge in [0.1, 0.15) is 0 Å². The second-order valence-corrected chi connectivity index (χ2v) is 6.12. The molecule has 112 valence electrons. The number of nitrogens with one attached hydrogen (secondary N) is 1. The van der Waals surface area contributed by atoms with E-state index in [1.807, 2.05) is 18.2 Å². The Balaban J connectivity index is 2.06. The van der Waals surface area contributed by atoms with Gasteiger partial charge < -0.3 is 11.1 Å². The summed E-state index contributed by atoms with van der Waals surface area (Å²) in [6.07, 6.45) is 1.09. The molecule has 0 radical (unpaired) electrons. The molecule has 0 saturated heterocycles. The summed E-state index contributed by atoms with van der Waals surface area (Å²) in [7, 11) is 0. The topological polar surface area (TPSA) is 55.1 Å². The minimum absolute atomic E-state index is 0.0528. The van der Waals surface area contributed by atoms with E-state index in [2.05, 4.69) is 36.5 Å². The van der Waals surface area contributed by atoms with E-state index in [1.165, 1.54) is 10.8 Å². The zero-order chi connectivity index (χ0) is 15.1. The number of hydrogen-bond acceptors (Lipinski definition) is 3. The van der Waals surface area contributed by atoms with Crippen molar-refractivity contribution in [2.45, 2.75) is 19.4 Å². The lowest BCUT2D eigenvalue weighted by molar-refractivity contribution is -0.119. The van der Waals surface area contributed by atoms with E-state index in [0.29, 0.717) is 12.3 Å². The van der Waals surface area contributed by atoms with Gasteiger partial charge in [-0.1, -0.05) is 43.3 Å². The Morgan fingerprint density at radius 1 is 1.24 bits per heavy atom. The molecule has 2 aromatic carbocycles. The minimum atomic E-state index is -0.121. The van der Waals surface area contributed by atoms with E-state index < -0.39 is 0 Å². The van der Waals surface area contributed by atoms with Gasteiger partial charge >= 0.3 is 0 Å². The van der Waals surface area contributed by atoms with E-state index in [0.717, 1.165) is 17.7 Å². The number of thioether (sulfide) groups is 1. The van der Waals surface area contributed by atoms with Crippen LogP contribution < -0.4 is 11.1 Å². The minimum Gasteiger partial charge on any atom is -0.347 e. The molecule has 1 atom stereocenters. The summed E-state index contributed by atoms with van der Waals surface area (Å²) < 4.78 is 0. The molecule has 1 amide bonds. The Morgan fingerprint density at radius 3 is 2.71 bits per heavy atom. The van der Waals surface area contributed by atoms with Gasteiger partial charge in [-0.25, -0.2) is 0 Å². The first-order valence-electron chi connectivity index (χ1n) is 7.30. The fourth-order valence-electron chi connectivity index (χ4n) is 2.25. The molecule has 3 nitrogen and oxygen atoms in total. The Hall–Kier alpha value is -1.52. The Kier molecular flexibility index (Phi) is 6.08. The lowest BCUT2D eigenvalue weighted by Gasteiger charge is -2.18. The van der Waals surface area contributed by atoms with E-state index in [9.17, 15) is 4.79 Å². The molecule has 0 aliphatic heterocycles. The third-order valence-electron chi connectivity index (χ3n) is 3.33. The molecule has 0 aliphatic carbocycles. The molecule has 0 spiro atoms. The average molecular weight is 302 g/mol. The molecule has 0 aliphatic rings. The lowest BCUT2D eigenvalue weighted by Crippen LogP contribution is -2.34. The van der Waals surface area contributed by atoms with Crippen LogP contribution in [0.15, 0.2) is 42.5 Å². The monoisotopic (exact) mass is 302 g/mol. The fourth-order valence-corrected chi connectivity index (χ4v) is 2.95. The molecule has 4 heteroatoms. The SMILES string of the molecule is CCCSCC(=O)NC(CN)c1ccc2ccccc2c1. The molecule has 2 rings (SSSR count). The van der Waals surface area contributed by atoms with E-state index in [4.69, 9.17) is 5.73 Å². The van der Waals surface area contributed by atoms with Gasteiger partial charge in [-0.3, -0.25) is 4.79 Å². The van der Waals surface area contributed by atoms with Crippen molar-refractivity contribution in [2.75, 3.05) is 18.1 Å². The lowest BCUT2D eigenvalue weighted by atomic mass is 10.0. The molecule has 0 heterocycles. The summed E-state index contributed by atoms with van der Waals surface area (Å²) in [5, 5.41) is 5.39. The van der Waals surface area contributed by atoms with Gasteiger partial charge in [0.05, 0.1) is 11.8 Å². The number of rotatable bonds is 7. The van der Waals surface area contributed by atoms with Crippen LogP contribution in [0.3, 0.4) is 0 Å². The van der Waals surface area contributed by atoms with E-state index in [1.54, 1.807) is 11.8 Å². The number of carbonyl (C=O) groups is 1. The maximum atomic E-state index is 11.9. The summed E-state index contributed by atoms with van der Waals surface area (Å²) in [5.74, 6) is 1.56. The molecule has 1 unspecified atom stereocenters. The van der Waals surface area contributed by atoms with Gasteiger partial charge in [0.25, 0.3) is 0 Å². The summed E-state index contributed by atoms with van der Waals surface area (Å²) >= 11 is 1.66. The third kappa shape index (κ3) is 4.48. The second kappa shape index (κ2) is 8.05. The van der Waals surface area contributed by atoms with Crippen LogP contribution in [0.4, 0.5) is 0 Å². The van der Waals surface area contributed by atoms with Crippen molar-refractivity contribution in [1.29, 1.82) is 0 Å². The highest BCUT2D eigenvalue weighted by Crippen LogP contribution is 2.20. The van der Waals surface area contributed by atoms with Crippen molar-refractivity contribution >= 4 is 28.4 Å². The first kappa shape index (κ1) is 15.9. The summed E-state index contributed by atoms with van der Waals surface area (Å²) in [6.45, 7) is 2.52. The molecule has 3 N–H and O–H groups in total. The van der Waals surface area contributed by atoms with E-state index >= 15 is 0 Å². The van der Waals surface area contributed by atoms with Crippen LogP contribution in [-0.4, -0.2) is 24.0 Å². The van der Waals surface area contributed by atoms with Crippen LogP contribution in [0.1, 0.15) is 24.9 Å². The molecule has 0 bridgehead atoms. The normalized spacial score (nSPS) is 12.3. The first-order chi connectivity index (χ1) is 10.2. The molecule has 2 aromatic rings. The zero-order valence-corrected chi connectivity index (χ0v) is 13.2. The van der Waals surface area contributed by atoms with Crippen LogP contribution in [0, 0.1) is 0 Å². The van der Waals surface area contributed by atoms with Crippen molar-refractivity contribution in [3.05, 3.63) is 48.0 Å². The van der Waals surface area contributed by atoms with Crippen molar-refractivity contribution in [3.8, 4) is 0 Å². The Labute approximate surface area is 130 Å². The van der Waals surface area contributed by atoms with Crippen molar-refractivity contribution in [2.24, 2.45) is 5.73 Å². The number of benzene rings is 2. The van der Waals surface area contributed by atoms with E-state index in [-0.39, 0.29) is 11.9 Å². The predicted molar refractivity (Wildman–Crippen MR) is 91.5 cm³/mol. The maximum absolute atomic E-state index is 11.9. The zero-order valence-electron chi connectivity index (χ0n) is 12.3. The van der Waals surface area contributed by atoms with Gasteiger partial charge in [0.15, 0.2) is 0 Å². The quantitative estimate of drug-likeness (QED) is 0.773. The molecule has 21 heavy (non-hydrogen) atoms. The maximum Gasteiger partial charge on any atom is 0.230 e.